The van der Waals surface area contributed by atoms with Gasteiger partial charge in [-0.2, -0.15) is 0 Å². The van der Waals surface area contributed by atoms with Gasteiger partial charge in [-0.1, -0.05) is 17.7 Å². The summed E-state index contributed by atoms with van der Waals surface area (Å²) in [6, 6.07) is 2.23. The third-order valence-corrected chi connectivity index (χ3v) is 4.91. The normalized spacial score (nSPS) is 22.3. The zero-order valence-corrected chi connectivity index (χ0v) is 10.8. The van der Waals surface area contributed by atoms with Gasteiger partial charge in [-0.15, -0.1) is 0 Å². The Morgan fingerprint density at radius 1 is 1.41 bits per heavy atom. The molecule has 1 aromatic carbocycles. The van der Waals surface area contributed by atoms with Gasteiger partial charge in [0.05, 0.1) is 5.02 Å². The second-order valence-electron chi connectivity index (χ2n) is 5.52. The molecule has 0 saturated heterocycles. The van der Waals surface area contributed by atoms with Crippen molar-refractivity contribution >= 4 is 11.6 Å². The number of rotatable bonds is 2. The summed E-state index contributed by atoms with van der Waals surface area (Å²) in [5.74, 6) is 0.280. The molecule has 0 amide bonds. The van der Waals surface area contributed by atoms with Gasteiger partial charge >= 0.3 is 0 Å². The average molecular weight is 252 g/mol. The summed E-state index contributed by atoms with van der Waals surface area (Å²) in [5.41, 5.74) is 9.50. The van der Waals surface area contributed by atoms with Gasteiger partial charge in [0.15, 0.2) is 0 Å². The molecule has 2 aliphatic carbocycles. The highest BCUT2D eigenvalue weighted by molar-refractivity contribution is 6.33. The first kappa shape index (κ1) is 11.4. The fraction of sp³-hybridized carbons (Fsp3) is 0.571. The van der Waals surface area contributed by atoms with Crippen LogP contribution in [-0.2, 0) is 18.3 Å². The van der Waals surface area contributed by atoms with Gasteiger partial charge in [-0.25, -0.2) is 0 Å². The highest BCUT2D eigenvalue weighted by Gasteiger charge is 2.49. The van der Waals surface area contributed by atoms with Gasteiger partial charge in [0.1, 0.15) is 5.75 Å². The molecular formula is C14H18ClNO. The average Bonchev–Trinajstić information content (AvgIpc) is 2.97. The Labute approximate surface area is 107 Å². The van der Waals surface area contributed by atoms with Crippen molar-refractivity contribution < 1.29 is 5.11 Å². The van der Waals surface area contributed by atoms with Gasteiger partial charge in [0, 0.05) is 17.0 Å². The molecule has 0 bridgehead atoms. The van der Waals surface area contributed by atoms with Gasteiger partial charge in [0.25, 0.3) is 0 Å². The van der Waals surface area contributed by atoms with Crippen molar-refractivity contribution in [2.45, 2.75) is 50.5 Å². The molecule has 3 rings (SSSR count). The maximum absolute atomic E-state index is 10.3. The molecular weight excluding hydrogens is 234 g/mol. The molecule has 1 atom stereocenters. The van der Waals surface area contributed by atoms with E-state index in [1.807, 2.05) is 6.92 Å². The molecule has 0 radical (unpaired) electrons. The minimum absolute atomic E-state index is 0.0225. The van der Waals surface area contributed by atoms with Crippen molar-refractivity contribution in [3.63, 3.8) is 0 Å². The van der Waals surface area contributed by atoms with Crippen molar-refractivity contribution in [3.05, 3.63) is 27.8 Å². The molecule has 1 fully saturated rings. The molecule has 3 N–H and O–H groups in total. The molecule has 1 saturated carbocycles. The third kappa shape index (κ3) is 1.50. The molecule has 0 spiro atoms. The summed E-state index contributed by atoms with van der Waals surface area (Å²) in [4.78, 5) is 0. The first-order valence-electron chi connectivity index (χ1n) is 6.35. The van der Waals surface area contributed by atoms with Crippen LogP contribution in [0.1, 0.15) is 42.9 Å². The van der Waals surface area contributed by atoms with E-state index in [1.54, 1.807) is 0 Å². The number of fused-ring (bicyclic) bond motifs is 1. The monoisotopic (exact) mass is 251 g/mol. The summed E-state index contributed by atoms with van der Waals surface area (Å²) < 4.78 is 0. The van der Waals surface area contributed by atoms with E-state index < -0.39 is 0 Å². The number of hydrogen-bond acceptors (Lipinski definition) is 2. The van der Waals surface area contributed by atoms with E-state index >= 15 is 0 Å². The first-order chi connectivity index (χ1) is 8.06. The smallest absolute Gasteiger partial charge is 0.138 e. The number of aromatic hydroxyl groups is 1. The van der Waals surface area contributed by atoms with Crippen LogP contribution in [0, 0.1) is 0 Å². The molecule has 1 aromatic rings. The zero-order chi connectivity index (χ0) is 12.2. The number of halogens is 1. The SMILES string of the molecule is CC(N)C1(c2cc3c(c(Cl)c2O)CCC3)CC1. The van der Waals surface area contributed by atoms with Crippen molar-refractivity contribution in [2.75, 3.05) is 0 Å². The lowest BCUT2D eigenvalue weighted by molar-refractivity contribution is 0.446. The quantitative estimate of drug-likeness (QED) is 0.849. The van der Waals surface area contributed by atoms with Crippen LogP contribution in [-0.4, -0.2) is 11.1 Å². The van der Waals surface area contributed by atoms with Crippen molar-refractivity contribution in [2.24, 2.45) is 5.73 Å². The molecule has 3 heteroatoms. The Morgan fingerprint density at radius 3 is 2.71 bits per heavy atom. The minimum Gasteiger partial charge on any atom is -0.506 e. The fourth-order valence-corrected chi connectivity index (χ4v) is 3.48. The summed E-state index contributed by atoms with van der Waals surface area (Å²) in [7, 11) is 0. The van der Waals surface area contributed by atoms with Crippen molar-refractivity contribution in [1.82, 2.24) is 0 Å². The molecule has 1 unspecified atom stereocenters. The van der Waals surface area contributed by atoms with Crippen LogP contribution in [0.2, 0.25) is 5.02 Å². The Hall–Kier alpha value is -0.730. The van der Waals surface area contributed by atoms with Gasteiger partial charge in [-0.3, -0.25) is 0 Å². The van der Waals surface area contributed by atoms with E-state index in [0.29, 0.717) is 5.02 Å². The predicted octanol–water partition coefficient (Wildman–Crippen LogP) is 2.91. The molecule has 2 aliphatic rings. The predicted molar refractivity (Wildman–Crippen MR) is 69.7 cm³/mol. The number of phenolic OH excluding ortho intramolecular Hbond substituents is 1. The van der Waals surface area contributed by atoms with Crippen LogP contribution in [0.25, 0.3) is 0 Å². The molecule has 92 valence electrons. The van der Waals surface area contributed by atoms with E-state index in [-0.39, 0.29) is 17.2 Å². The van der Waals surface area contributed by atoms with Crippen LogP contribution in [0.3, 0.4) is 0 Å². The first-order valence-corrected chi connectivity index (χ1v) is 6.73. The van der Waals surface area contributed by atoms with Crippen LogP contribution in [0.15, 0.2) is 6.07 Å². The van der Waals surface area contributed by atoms with Gasteiger partial charge in [-0.05, 0) is 50.2 Å². The maximum atomic E-state index is 10.3. The van der Waals surface area contributed by atoms with Crippen LogP contribution in [0.4, 0.5) is 0 Å². The van der Waals surface area contributed by atoms with Crippen LogP contribution >= 0.6 is 11.6 Å². The Morgan fingerprint density at radius 2 is 2.12 bits per heavy atom. The van der Waals surface area contributed by atoms with E-state index in [0.717, 1.165) is 43.2 Å². The largest absolute Gasteiger partial charge is 0.506 e. The minimum atomic E-state index is -0.0225. The zero-order valence-electron chi connectivity index (χ0n) is 10.1. The molecule has 17 heavy (non-hydrogen) atoms. The number of phenols is 1. The summed E-state index contributed by atoms with van der Waals surface area (Å²) in [6.07, 6.45) is 5.34. The van der Waals surface area contributed by atoms with Crippen LogP contribution in [0.5, 0.6) is 5.75 Å². The van der Waals surface area contributed by atoms with Crippen molar-refractivity contribution in [1.29, 1.82) is 0 Å². The summed E-state index contributed by atoms with van der Waals surface area (Å²) >= 11 is 6.29. The maximum Gasteiger partial charge on any atom is 0.138 e. The molecule has 0 aromatic heterocycles. The second-order valence-corrected chi connectivity index (χ2v) is 5.90. The molecule has 0 aliphatic heterocycles. The number of hydrogen-bond donors (Lipinski definition) is 2. The number of aryl methyl sites for hydroxylation is 1. The van der Waals surface area contributed by atoms with E-state index in [4.69, 9.17) is 17.3 Å². The van der Waals surface area contributed by atoms with E-state index in [9.17, 15) is 5.11 Å². The van der Waals surface area contributed by atoms with E-state index in [1.165, 1.54) is 5.56 Å². The third-order valence-electron chi connectivity index (χ3n) is 4.50. The Balaban J connectivity index is 2.16. The second kappa shape index (κ2) is 3.63. The highest BCUT2D eigenvalue weighted by atomic mass is 35.5. The van der Waals surface area contributed by atoms with Crippen molar-refractivity contribution in [3.8, 4) is 5.75 Å². The summed E-state index contributed by atoms with van der Waals surface area (Å²) in [6.45, 7) is 2.02. The van der Waals surface area contributed by atoms with Crippen LogP contribution < -0.4 is 5.73 Å². The standard InChI is InChI=1S/C14H18ClNO/c1-8(16)14(5-6-14)11-7-9-3-2-4-10(9)12(15)13(11)17/h7-8,17H,2-6,16H2,1H3. The highest BCUT2D eigenvalue weighted by Crippen LogP contribution is 2.55. The number of benzene rings is 1. The van der Waals surface area contributed by atoms with Gasteiger partial charge < -0.3 is 10.8 Å². The van der Waals surface area contributed by atoms with E-state index in [2.05, 4.69) is 6.07 Å². The van der Waals surface area contributed by atoms with Gasteiger partial charge in [0.2, 0.25) is 0 Å². The number of nitrogens with two attached hydrogens (primary N) is 1. The Bertz CT molecular complexity index is 478. The lowest BCUT2D eigenvalue weighted by Gasteiger charge is -2.23. The summed E-state index contributed by atoms with van der Waals surface area (Å²) in [5, 5.41) is 10.9. The Kier molecular flexibility index (Phi) is 2.43. The topological polar surface area (TPSA) is 46.2 Å². The lowest BCUT2D eigenvalue weighted by Crippen LogP contribution is -2.31. The molecule has 0 heterocycles. The lowest BCUT2D eigenvalue weighted by atomic mass is 9.87. The fourth-order valence-electron chi connectivity index (χ4n) is 3.16. The molecule has 2 nitrogen and oxygen atoms in total.